The second-order valence-corrected chi connectivity index (χ2v) is 4.45. The number of alkyl halides is 2. The van der Waals surface area contributed by atoms with E-state index in [0.29, 0.717) is 11.3 Å². The molecule has 0 saturated heterocycles. The lowest BCUT2D eigenvalue weighted by Crippen LogP contribution is -2.41. The smallest absolute Gasteiger partial charge is 0.412 e. The van der Waals surface area contributed by atoms with E-state index >= 15 is 0 Å². The fourth-order valence-electron chi connectivity index (χ4n) is 1.89. The fraction of sp³-hybridized carbons (Fsp3) is 0.300. The molecule has 2 rings (SSSR count). The molecule has 1 aromatic rings. The Morgan fingerprint density at radius 1 is 1.56 bits per heavy atom. The average Bonchev–Trinajstić information content (AvgIpc) is 2.55. The maximum Gasteiger partial charge on any atom is 0.412 e. The third-order valence-electron chi connectivity index (χ3n) is 2.56. The second-order valence-electron chi connectivity index (χ2n) is 3.53. The van der Waals surface area contributed by atoms with Crippen LogP contribution in [0.4, 0.5) is 19.3 Å². The van der Waals surface area contributed by atoms with Crippen LogP contribution in [0, 0.1) is 0 Å². The van der Waals surface area contributed by atoms with Crippen molar-refractivity contribution in [3.63, 3.8) is 0 Å². The molecule has 1 amide bonds. The normalized spacial score (nSPS) is 19.0. The minimum atomic E-state index is -2.68. The second kappa shape index (κ2) is 4.01. The summed E-state index contributed by atoms with van der Waals surface area (Å²) in [5, 5.41) is 8.93. The third kappa shape index (κ3) is 1.77. The van der Waals surface area contributed by atoms with Crippen LogP contribution in [0.2, 0.25) is 0 Å². The van der Waals surface area contributed by atoms with Crippen molar-refractivity contribution in [2.45, 2.75) is 18.9 Å². The van der Waals surface area contributed by atoms with Crippen molar-refractivity contribution < 1.29 is 18.7 Å². The highest BCUT2D eigenvalue weighted by molar-refractivity contribution is 9.10. The van der Waals surface area contributed by atoms with Crippen LogP contribution in [-0.2, 0) is 6.42 Å². The first kappa shape index (κ1) is 11.3. The van der Waals surface area contributed by atoms with Crippen LogP contribution < -0.4 is 4.90 Å². The fourth-order valence-corrected chi connectivity index (χ4v) is 2.30. The number of rotatable bonds is 1. The summed E-state index contributed by atoms with van der Waals surface area (Å²) in [6.07, 6.45) is -3.97. The van der Waals surface area contributed by atoms with Gasteiger partial charge in [-0.25, -0.2) is 13.6 Å². The van der Waals surface area contributed by atoms with Gasteiger partial charge in [-0.2, -0.15) is 0 Å². The van der Waals surface area contributed by atoms with Gasteiger partial charge in [0.2, 0.25) is 0 Å². The number of halogens is 3. The van der Waals surface area contributed by atoms with E-state index in [1.165, 1.54) is 6.07 Å². The van der Waals surface area contributed by atoms with Gasteiger partial charge >= 0.3 is 6.09 Å². The molecule has 16 heavy (non-hydrogen) atoms. The van der Waals surface area contributed by atoms with Crippen molar-refractivity contribution in [2.24, 2.45) is 0 Å². The monoisotopic (exact) mass is 291 g/mol. The summed E-state index contributed by atoms with van der Waals surface area (Å²) in [7, 11) is 0. The molecule has 3 nitrogen and oxygen atoms in total. The number of hydrogen-bond acceptors (Lipinski definition) is 1. The predicted molar refractivity (Wildman–Crippen MR) is 58.1 cm³/mol. The molecule has 1 N–H and O–H groups in total. The number of carbonyl (C=O) groups is 1. The van der Waals surface area contributed by atoms with E-state index < -0.39 is 18.6 Å². The molecule has 1 atom stereocenters. The van der Waals surface area contributed by atoms with Gasteiger partial charge in [0.25, 0.3) is 6.43 Å². The first-order valence-corrected chi connectivity index (χ1v) is 5.38. The average molecular weight is 292 g/mol. The molecule has 0 bridgehead atoms. The number of hydrogen-bond donors (Lipinski definition) is 1. The third-order valence-corrected chi connectivity index (χ3v) is 3.05. The lowest BCUT2D eigenvalue weighted by molar-refractivity contribution is 0.111. The van der Waals surface area contributed by atoms with Crippen molar-refractivity contribution >= 4 is 27.7 Å². The maximum atomic E-state index is 12.7. The van der Waals surface area contributed by atoms with Gasteiger partial charge in [-0.15, -0.1) is 0 Å². The van der Waals surface area contributed by atoms with E-state index in [1.807, 2.05) is 0 Å². The van der Waals surface area contributed by atoms with Crippen molar-refractivity contribution in [3.8, 4) is 0 Å². The first-order chi connectivity index (χ1) is 7.50. The standard InChI is InChI=1S/C10H8BrF2NO2/c11-6-1-2-7-5(3-6)4-8(9(12)13)14(7)10(15)16/h1-3,8-9H,4H2,(H,15,16). The molecule has 1 aliphatic rings. The summed E-state index contributed by atoms with van der Waals surface area (Å²) in [5.41, 5.74) is 0.975. The van der Waals surface area contributed by atoms with Crippen LogP contribution in [0.3, 0.4) is 0 Å². The molecule has 0 saturated carbocycles. The largest absolute Gasteiger partial charge is 0.465 e. The number of benzene rings is 1. The molecular formula is C10H8BrF2NO2. The Morgan fingerprint density at radius 2 is 2.25 bits per heavy atom. The molecule has 0 aromatic heterocycles. The zero-order valence-electron chi connectivity index (χ0n) is 8.03. The van der Waals surface area contributed by atoms with E-state index in [0.717, 1.165) is 9.37 Å². The summed E-state index contributed by atoms with van der Waals surface area (Å²) in [5.74, 6) is 0. The molecule has 1 heterocycles. The minimum Gasteiger partial charge on any atom is -0.465 e. The van der Waals surface area contributed by atoms with Crippen molar-refractivity contribution in [2.75, 3.05) is 4.90 Å². The number of amides is 1. The molecule has 0 fully saturated rings. The molecular weight excluding hydrogens is 284 g/mol. The Labute approximate surface area is 98.8 Å². The summed E-state index contributed by atoms with van der Waals surface area (Å²) < 4.78 is 26.2. The van der Waals surface area contributed by atoms with Crippen LogP contribution in [0.15, 0.2) is 22.7 Å². The molecule has 1 aliphatic heterocycles. The van der Waals surface area contributed by atoms with Gasteiger partial charge in [0.05, 0.1) is 5.69 Å². The Morgan fingerprint density at radius 3 is 2.81 bits per heavy atom. The SMILES string of the molecule is O=C(O)N1c2ccc(Br)cc2CC1C(F)F. The molecule has 0 aliphatic carbocycles. The van der Waals surface area contributed by atoms with Gasteiger partial charge < -0.3 is 5.11 Å². The molecule has 6 heteroatoms. The van der Waals surface area contributed by atoms with Crippen molar-refractivity contribution in [1.29, 1.82) is 0 Å². The Bertz CT molecular complexity index is 439. The van der Waals surface area contributed by atoms with E-state index in [4.69, 9.17) is 5.11 Å². The van der Waals surface area contributed by atoms with Crippen LogP contribution >= 0.6 is 15.9 Å². The van der Waals surface area contributed by atoms with Crippen LogP contribution in [-0.4, -0.2) is 23.7 Å². The molecule has 86 valence electrons. The van der Waals surface area contributed by atoms with Gasteiger partial charge in [-0.05, 0) is 23.8 Å². The zero-order chi connectivity index (χ0) is 11.9. The molecule has 0 radical (unpaired) electrons. The highest BCUT2D eigenvalue weighted by Gasteiger charge is 2.39. The summed E-state index contributed by atoms with van der Waals surface area (Å²) >= 11 is 3.23. The quantitative estimate of drug-likeness (QED) is 0.864. The van der Waals surface area contributed by atoms with E-state index in [9.17, 15) is 13.6 Å². The van der Waals surface area contributed by atoms with Crippen LogP contribution in [0.25, 0.3) is 0 Å². The molecule has 0 spiro atoms. The van der Waals surface area contributed by atoms with E-state index in [1.54, 1.807) is 12.1 Å². The number of nitrogens with zero attached hydrogens (tertiary/aromatic N) is 1. The van der Waals surface area contributed by atoms with E-state index in [2.05, 4.69) is 15.9 Å². The molecule has 1 aromatic carbocycles. The Balaban J connectivity index is 2.45. The van der Waals surface area contributed by atoms with Crippen molar-refractivity contribution in [3.05, 3.63) is 28.2 Å². The number of anilines is 1. The summed E-state index contributed by atoms with van der Waals surface area (Å²) in [6, 6.07) is 3.58. The van der Waals surface area contributed by atoms with Gasteiger partial charge in [-0.3, -0.25) is 4.90 Å². The topological polar surface area (TPSA) is 40.5 Å². The van der Waals surface area contributed by atoms with Crippen LogP contribution in [0.1, 0.15) is 5.56 Å². The Hall–Kier alpha value is -1.17. The summed E-state index contributed by atoms with van der Waals surface area (Å²) in [4.78, 5) is 11.7. The summed E-state index contributed by atoms with van der Waals surface area (Å²) in [6.45, 7) is 0. The minimum absolute atomic E-state index is 0.0543. The Kier molecular flexibility index (Phi) is 2.84. The van der Waals surface area contributed by atoms with E-state index in [-0.39, 0.29) is 6.42 Å². The number of fused-ring (bicyclic) bond motifs is 1. The highest BCUT2D eigenvalue weighted by atomic mass is 79.9. The lowest BCUT2D eigenvalue weighted by Gasteiger charge is -2.21. The van der Waals surface area contributed by atoms with Crippen molar-refractivity contribution in [1.82, 2.24) is 0 Å². The van der Waals surface area contributed by atoms with Crippen LogP contribution in [0.5, 0.6) is 0 Å². The first-order valence-electron chi connectivity index (χ1n) is 4.59. The van der Waals surface area contributed by atoms with Gasteiger partial charge in [0.15, 0.2) is 0 Å². The maximum absolute atomic E-state index is 12.7. The van der Waals surface area contributed by atoms with Gasteiger partial charge in [0.1, 0.15) is 6.04 Å². The van der Waals surface area contributed by atoms with Gasteiger partial charge in [0, 0.05) is 10.9 Å². The molecule has 1 unspecified atom stereocenters. The highest BCUT2D eigenvalue weighted by Crippen LogP contribution is 2.36. The lowest BCUT2D eigenvalue weighted by atomic mass is 10.1. The number of carboxylic acid groups (broad SMARTS) is 1. The van der Waals surface area contributed by atoms with Gasteiger partial charge in [-0.1, -0.05) is 15.9 Å². The zero-order valence-corrected chi connectivity index (χ0v) is 9.62. The predicted octanol–water partition coefficient (Wildman–Crippen LogP) is 3.12.